The minimum atomic E-state index is -6.13. The molecule has 8 heteroatoms. The van der Waals surface area contributed by atoms with Gasteiger partial charge in [-0.3, -0.25) is 0 Å². The summed E-state index contributed by atoms with van der Waals surface area (Å²) in [4.78, 5) is 0. The van der Waals surface area contributed by atoms with E-state index in [1.54, 1.807) is 0 Å². The largest absolute Gasteiger partial charge is 0.434 e. The topological polar surface area (TPSA) is 9.23 Å². The molecule has 0 fully saturated rings. The van der Waals surface area contributed by atoms with Crippen molar-refractivity contribution in [3.05, 3.63) is 0 Å². The third-order valence-electron chi connectivity index (χ3n) is 4.10. The Balaban J connectivity index is 6.01. The standard InChI is InChI=1S/C14H23F7O/c1-6-9-11(5,15)12(16,13(17,18)19)14(20,21)22-10(4,7-2)8-3/h6-9H2,1-5H3. The molecule has 0 N–H and O–H groups in total. The van der Waals surface area contributed by atoms with Crippen molar-refractivity contribution in [2.45, 2.75) is 89.5 Å². The first kappa shape index (κ1) is 21.5. The van der Waals surface area contributed by atoms with Crippen molar-refractivity contribution in [2.24, 2.45) is 0 Å². The minimum absolute atomic E-state index is 0.0796. The van der Waals surface area contributed by atoms with Gasteiger partial charge in [0.1, 0.15) is 0 Å². The van der Waals surface area contributed by atoms with E-state index in [9.17, 15) is 30.7 Å². The van der Waals surface area contributed by atoms with E-state index >= 15 is 0 Å². The molecule has 0 saturated carbocycles. The predicted molar refractivity (Wildman–Crippen MR) is 69.3 cm³/mol. The average Bonchev–Trinajstić information content (AvgIpc) is 2.35. The maximum Gasteiger partial charge on any atom is 0.434 e. The zero-order chi connectivity index (χ0) is 18.0. The summed E-state index contributed by atoms with van der Waals surface area (Å²) in [5, 5.41) is 0. The molecular weight excluding hydrogens is 317 g/mol. The summed E-state index contributed by atoms with van der Waals surface area (Å²) in [6, 6.07) is 0. The van der Waals surface area contributed by atoms with Gasteiger partial charge in [-0.25, -0.2) is 8.78 Å². The van der Waals surface area contributed by atoms with Crippen LogP contribution in [0.25, 0.3) is 0 Å². The number of hydrogen-bond acceptors (Lipinski definition) is 1. The van der Waals surface area contributed by atoms with E-state index in [1.165, 1.54) is 20.8 Å². The van der Waals surface area contributed by atoms with Crippen molar-refractivity contribution in [1.29, 1.82) is 0 Å². The van der Waals surface area contributed by atoms with Crippen LogP contribution in [0.15, 0.2) is 0 Å². The second-order valence-corrected chi connectivity index (χ2v) is 5.88. The molecule has 22 heavy (non-hydrogen) atoms. The molecule has 0 aromatic carbocycles. The lowest BCUT2D eigenvalue weighted by Gasteiger charge is -2.44. The molecule has 1 nitrogen and oxygen atoms in total. The van der Waals surface area contributed by atoms with E-state index in [1.807, 2.05) is 0 Å². The highest BCUT2D eigenvalue weighted by Crippen LogP contribution is 2.56. The number of hydrogen-bond donors (Lipinski definition) is 0. The van der Waals surface area contributed by atoms with Crippen LogP contribution in [0, 0.1) is 0 Å². The van der Waals surface area contributed by atoms with Crippen molar-refractivity contribution < 1.29 is 35.5 Å². The Morgan fingerprint density at radius 1 is 0.773 bits per heavy atom. The fraction of sp³-hybridized carbons (Fsp3) is 1.00. The SMILES string of the molecule is CCCC(C)(F)C(F)(C(F)(F)F)C(F)(F)OC(C)(CC)CC. The van der Waals surface area contributed by atoms with Gasteiger partial charge in [-0.1, -0.05) is 27.2 Å². The summed E-state index contributed by atoms with van der Waals surface area (Å²) in [7, 11) is 0. The highest BCUT2D eigenvalue weighted by molar-refractivity contribution is 5.09. The van der Waals surface area contributed by atoms with Crippen molar-refractivity contribution in [2.75, 3.05) is 0 Å². The highest BCUT2D eigenvalue weighted by atomic mass is 19.4. The van der Waals surface area contributed by atoms with Crippen molar-refractivity contribution >= 4 is 0 Å². The summed E-state index contributed by atoms with van der Waals surface area (Å²) in [5.41, 5.74) is -11.0. The van der Waals surface area contributed by atoms with Crippen molar-refractivity contribution in [3.63, 3.8) is 0 Å². The van der Waals surface area contributed by atoms with Crippen molar-refractivity contribution in [3.8, 4) is 0 Å². The van der Waals surface area contributed by atoms with Gasteiger partial charge < -0.3 is 4.74 Å². The molecule has 0 amide bonds. The second-order valence-electron chi connectivity index (χ2n) is 5.88. The molecule has 0 heterocycles. The Morgan fingerprint density at radius 3 is 1.45 bits per heavy atom. The van der Waals surface area contributed by atoms with Gasteiger partial charge in [-0.15, -0.1) is 0 Å². The molecule has 0 aliphatic rings. The maximum atomic E-state index is 14.5. The first-order valence-electron chi connectivity index (χ1n) is 7.16. The molecule has 0 aliphatic heterocycles. The Morgan fingerprint density at radius 2 is 1.18 bits per heavy atom. The lowest BCUT2D eigenvalue weighted by Crippen LogP contribution is -2.68. The van der Waals surface area contributed by atoms with Gasteiger partial charge >= 0.3 is 18.0 Å². The minimum Gasteiger partial charge on any atom is -0.311 e. The Bertz CT molecular complexity index is 361. The van der Waals surface area contributed by atoms with E-state index in [0.717, 1.165) is 6.92 Å². The molecule has 0 rings (SSSR count). The molecule has 0 spiro atoms. The fourth-order valence-electron chi connectivity index (χ4n) is 2.18. The summed E-state index contributed by atoms with van der Waals surface area (Å²) in [6.07, 6.45) is -12.9. The molecule has 0 aliphatic carbocycles. The highest BCUT2D eigenvalue weighted by Gasteiger charge is 2.81. The molecule has 0 radical (unpaired) electrons. The first-order chi connectivity index (χ1) is 9.64. The van der Waals surface area contributed by atoms with Crippen LogP contribution in [0.5, 0.6) is 0 Å². The molecule has 0 saturated heterocycles. The third kappa shape index (κ3) is 3.68. The number of ether oxygens (including phenoxy) is 1. The molecule has 0 bridgehead atoms. The Hall–Kier alpha value is -0.530. The number of alkyl halides is 7. The summed E-state index contributed by atoms with van der Waals surface area (Å²) < 4.78 is 100. The van der Waals surface area contributed by atoms with Gasteiger partial charge in [0.15, 0.2) is 5.67 Å². The van der Waals surface area contributed by atoms with Crippen LogP contribution in [0.4, 0.5) is 30.7 Å². The van der Waals surface area contributed by atoms with Gasteiger partial charge in [-0.05, 0) is 33.1 Å². The molecular formula is C14H23F7O. The van der Waals surface area contributed by atoms with E-state index in [0.29, 0.717) is 0 Å². The van der Waals surface area contributed by atoms with Gasteiger partial charge in [-0.2, -0.15) is 22.0 Å². The quantitative estimate of drug-likeness (QED) is 0.494. The molecule has 134 valence electrons. The van der Waals surface area contributed by atoms with Crippen LogP contribution in [-0.2, 0) is 4.74 Å². The lowest BCUT2D eigenvalue weighted by molar-refractivity contribution is -0.428. The Kier molecular flexibility index (Phi) is 6.37. The van der Waals surface area contributed by atoms with Crippen LogP contribution in [0.2, 0.25) is 0 Å². The smallest absolute Gasteiger partial charge is 0.311 e. The first-order valence-corrected chi connectivity index (χ1v) is 7.16. The fourth-order valence-corrected chi connectivity index (χ4v) is 2.18. The Labute approximate surface area is 126 Å². The van der Waals surface area contributed by atoms with E-state index in [4.69, 9.17) is 0 Å². The third-order valence-corrected chi connectivity index (χ3v) is 4.10. The zero-order valence-corrected chi connectivity index (χ0v) is 13.4. The summed E-state index contributed by atoms with van der Waals surface area (Å²) in [5.74, 6) is 0. The molecule has 0 aromatic heterocycles. The average molecular weight is 340 g/mol. The molecule has 2 unspecified atom stereocenters. The van der Waals surface area contributed by atoms with Crippen LogP contribution < -0.4 is 0 Å². The van der Waals surface area contributed by atoms with Gasteiger partial charge in [0.25, 0.3) is 0 Å². The number of rotatable bonds is 8. The predicted octanol–water partition coefficient (Wildman–Crippen LogP) is 5.97. The zero-order valence-electron chi connectivity index (χ0n) is 13.4. The van der Waals surface area contributed by atoms with Crippen LogP contribution in [0.3, 0.4) is 0 Å². The van der Waals surface area contributed by atoms with E-state index in [2.05, 4.69) is 4.74 Å². The second kappa shape index (κ2) is 6.53. The lowest BCUT2D eigenvalue weighted by atomic mass is 9.82. The van der Waals surface area contributed by atoms with Gasteiger partial charge in [0.05, 0.1) is 5.60 Å². The van der Waals surface area contributed by atoms with E-state index < -0.39 is 35.6 Å². The summed E-state index contributed by atoms with van der Waals surface area (Å²) >= 11 is 0. The van der Waals surface area contributed by atoms with Crippen molar-refractivity contribution in [1.82, 2.24) is 0 Å². The summed E-state index contributed by atoms with van der Waals surface area (Å²) in [6.45, 7) is 5.42. The van der Waals surface area contributed by atoms with Crippen LogP contribution in [-0.4, -0.2) is 29.2 Å². The molecule has 0 aromatic rings. The maximum absolute atomic E-state index is 14.5. The van der Waals surface area contributed by atoms with Crippen LogP contribution in [0.1, 0.15) is 60.3 Å². The molecule has 2 atom stereocenters. The van der Waals surface area contributed by atoms with Gasteiger partial charge in [0.2, 0.25) is 0 Å². The monoisotopic (exact) mass is 340 g/mol. The number of halogens is 7. The van der Waals surface area contributed by atoms with Crippen LogP contribution >= 0.6 is 0 Å². The normalized spacial score (nSPS) is 19.6. The van der Waals surface area contributed by atoms with E-state index in [-0.39, 0.29) is 26.2 Å². The van der Waals surface area contributed by atoms with Gasteiger partial charge in [0, 0.05) is 0 Å².